The minimum atomic E-state index is 0.629. The van der Waals surface area contributed by atoms with Gasteiger partial charge in [-0.15, -0.1) is 0 Å². The molecule has 3 heterocycles. The predicted molar refractivity (Wildman–Crippen MR) is 220 cm³/mol. The maximum atomic E-state index is 6.28. The Morgan fingerprint density at radius 2 is 0.600 bits per heavy atom. The van der Waals surface area contributed by atoms with Gasteiger partial charge in [0, 0.05) is 52.6 Å². The first-order valence-corrected chi connectivity index (χ1v) is 18.0. The second kappa shape index (κ2) is 15.2. The normalized spacial score (nSPS) is 10.9. The summed E-state index contributed by atoms with van der Waals surface area (Å²) in [5, 5.41) is 0. The van der Waals surface area contributed by atoms with E-state index < -0.39 is 0 Å². The van der Waals surface area contributed by atoms with E-state index in [1.807, 2.05) is 109 Å². The Hall–Kier alpha value is -7.57. The number of pyridine rings is 2. The molecule has 0 spiro atoms. The summed E-state index contributed by atoms with van der Waals surface area (Å²) in [6, 6.07) is 59.4. The Kier molecular flexibility index (Phi) is 9.19. The molecule has 3 aromatic heterocycles. The van der Waals surface area contributed by atoms with Crippen LogP contribution in [0.4, 0.5) is 0 Å². The summed E-state index contributed by atoms with van der Waals surface area (Å²) in [5.41, 5.74) is 11.5. The summed E-state index contributed by atoms with van der Waals surface area (Å²) in [5.74, 6) is 3.44. The number of benzene rings is 6. The Bertz CT molecular complexity index is 2560. The number of ether oxygens (including phenoxy) is 1. The van der Waals surface area contributed by atoms with Crippen molar-refractivity contribution in [3.63, 3.8) is 0 Å². The van der Waals surface area contributed by atoms with E-state index >= 15 is 0 Å². The van der Waals surface area contributed by atoms with Gasteiger partial charge in [0.1, 0.15) is 11.5 Å². The minimum Gasteiger partial charge on any atom is -0.457 e. The number of rotatable bonds is 9. The molecule has 6 aromatic carbocycles. The summed E-state index contributed by atoms with van der Waals surface area (Å²) in [7, 11) is 0. The second-order valence-corrected chi connectivity index (χ2v) is 13.0. The van der Waals surface area contributed by atoms with Crippen molar-refractivity contribution in [1.82, 2.24) is 24.9 Å². The molecule has 0 bridgehead atoms. The van der Waals surface area contributed by atoms with Crippen molar-refractivity contribution in [3.05, 3.63) is 201 Å². The average molecular weight is 708 g/mol. The van der Waals surface area contributed by atoms with Crippen LogP contribution in [-0.4, -0.2) is 24.9 Å². The molecular formula is C49H33N5O. The zero-order chi connectivity index (χ0) is 36.8. The minimum absolute atomic E-state index is 0.629. The van der Waals surface area contributed by atoms with Crippen LogP contribution in [0.5, 0.6) is 11.5 Å². The zero-order valence-corrected chi connectivity index (χ0v) is 29.7. The van der Waals surface area contributed by atoms with Gasteiger partial charge in [-0.3, -0.25) is 9.97 Å². The molecule has 0 atom stereocenters. The van der Waals surface area contributed by atoms with Crippen molar-refractivity contribution < 1.29 is 4.74 Å². The van der Waals surface area contributed by atoms with Gasteiger partial charge in [-0.25, -0.2) is 15.0 Å². The topological polar surface area (TPSA) is 73.7 Å². The van der Waals surface area contributed by atoms with Gasteiger partial charge in [-0.05, 0) is 88.0 Å². The predicted octanol–water partition coefficient (Wildman–Crippen LogP) is 12.1. The number of hydrogen-bond acceptors (Lipinski definition) is 6. The molecule has 0 radical (unpaired) electrons. The van der Waals surface area contributed by atoms with E-state index in [4.69, 9.17) is 19.7 Å². The molecule has 260 valence electrons. The number of aromatic nitrogens is 5. The van der Waals surface area contributed by atoms with Crippen LogP contribution in [0.25, 0.3) is 78.7 Å². The van der Waals surface area contributed by atoms with E-state index in [0.717, 1.165) is 72.7 Å². The first kappa shape index (κ1) is 33.3. The maximum Gasteiger partial charge on any atom is 0.164 e. The Balaban J connectivity index is 0.927. The molecule has 9 rings (SSSR count). The maximum absolute atomic E-state index is 6.28. The highest BCUT2D eigenvalue weighted by atomic mass is 16.5. The van der Waals surface area contributed by atoms with Gasteiger partial charge in [0.15, 0.2) is 17.5 Å². The summed E-state index contributed by atoms with van der Waals surface area (Å²) in [4.78, 5) is 23.2. The summed E-state index contributed by atoms with van der Waals surface area (Å²) >= 11 is 0. The van der Waals surface area contributed by atoms with Crippen LogP contribution in [0, 0.1) is 0 Å². The first-order valence-electron chi connectivity index (χ1n) is 18.0. The lowest BCUT2D eigenvalue weighted by Gasteiger charge is -2.12. The van der Waals surface area contributed by atoms with Crippen molar-refractivity contribution in [1.29, 1.82) is 0 Å². The van der Waals surface area contributed by atoms with Gasteiger partial charge < -0.3 is 4.74 Å². The molecule has 0 aliphatic heterocycles. The fraction of sp³-hybridized carbons (Fsp3) is 0. The van der Waals surface area contributed by atoms with Gasteiger partial charge >= 0.3 is 0 Å². The van der Waals surface area contributed by atoms with E-state index in [-0.39, 0.29) is 0 Å². The van der Waals surface area contributed by atoms with E-state index in [9.17, 15) is 0 Å². The first-order chi connectivity index (χ1) is 27.2. The Morgan fingerprint density at radius 1 is 0.273 bits per heavy atom. The average Bonchev–Trinajstić information content (AvgIpc) is 3.28. The second-order valence-electron chi connectivity index (χ2n) is 13.0. The highest BCUT2D eigenvalue weighted by Gasteiger charge is 2.13. The fourth-order valence-electron chi connectivity index (χ4n) is 6.51. The van der Waals surface area contributed by atoms with Crippen LogP contribution in [0.15, 0.2) is 201 Å². The van der Waals surface area contributed by atoms with Gasteiger partial charge in [0.2, 0.25) is 0 Å². The molecule has 9 aromatic rings. The molecule has 0 aliphatic carbocycles. The van der Waals surface area contributed by atoms with E-state index in [0.29, 0.717) is 17.5 Å². The summed E-state index contributed by atoms with van der Waals surface area (Å²) in [6.07, 6.45) is 7.37. The van der Waals surface area contributed by atoms with Crippen LogP contribution in [0.1, 0.15) is 0 Å². The van der Waals surface area contributed by atoms with Crippen LogP contribution in [0.2, 0.25) is 0 Å². The van der Waals surface area contributed by atoms with E-state index in [1.54, 1.807) is 12.4 Å². The largest absolute Gasteiger partial charge is 0.457 e. The molecular weight excluding hydrogens is 675 g/mol. The van der Waals surface area contributed by atoms with Crippen molar-refractivity contribution in [2.45, 2.75) is 0 Å². The van der Waals surface area contributed by atoms with Crippen molar-refractivity contribution in [3.8, 4) is 90.2 Å². The van der Waals surface area contributed by atoms with Crippen LogP contribution in [-0.2, 0) is 0 Å². The molecule has 0 N–H and O–H groups in total. The third-order valence-electron chi connectivity index (χ3n) is 9.38. The van der Waals surface area contributed by atoms with Crippen molar-refractivity contribution in [2.24, 2.45) is 0 Å². The lowest BCUT2D eigenvalue weighted by molar-refractivity contribution is 0.483. The Morgan fingerprint density at radius 3 is 1.00 bits per heavy atom. The summed E-state index contributed by atoms with van der Waals surface area (Å²) in [6.45, 7) is 0. The molecule has 0 unspecified atom stereocenters. The molecule has 0 amide bonds. The molecule has 0 aliphatic rings. The monoisotopic (exact) mass is 707 g/mol. The van der Waals surface area contributed by atoms with Gasteiger partial charge in [0.25, 0.3) is 0 Å². The fourth-order valence-corrected chi connectivity index (χ4v) is 6.51. The van der Waals surface area contributed by atoms with Crippen molar-refractivity contribution >= 4 is 0 Å². The smallest absolute Gasteiger partial charge is 0.164 e. The van der Waals surface area contributed by atoms with Gasteiger partial charge in [0.05, 0.1) is 0 Å². The highest BCUT2D eigenvalue weighted by molar-refractivity contribution is 5.81. The lowest BCUT2D eigenvalue weighted by atomic mass is 9.94. The lowest BCUT2D eigenvalue weighted by Crippen LogP contribution is -2.00. The molecule has 55 heavy (non-hydrogen) atoms. The van der Waals surface area contributed by atoms with Crippen LogP contribution in [0.3, 0.4) is 0 Å². The van der Waals surface area contributed by atoms with Gasteiger partial charge in [-0.1, -0.05) is 121 Å². The molecule has 6 nitrogen and oxygen atoms in total. The SMILES string of the molecule is c1ccc(-c2nc(-c3ccccc3)nc(-c3ccc(-c4ccc(Oc5ccc(-c6cc(-c7cccnc7)cc(-c7cccnc7)c6)cc5)cc4)cc3)n2)cc1. The molecule has 0 saturated carbocycles. The standard InChI is InChI=1S/C49H33N5O/c1-3-9-37(10-4-1)47-52-48(38-11-5-2-6-12-38)54-49(53-47)39-17-15-34(16-18-39)35-19-23-45(24-20-35)55-46-25-21-36(22-26-46)42-29-43(40-13-7-27-50-32-40)31-44(30-42)41-14-8-28-51-33-41/h1-33H. The Labute approximate surface area is 319 Å². The molecule has 0 saturated heterocycles. The van der Waals surface area contributed by atoms with E-state index in [1.165, 1.54) is 0 Å². The molecule has 6 heteroatoms. The molecule has 0 fully saturated rings. The van der Waals surface area contributed by atoms with Crippen molar-refractivity contribution in [2.75, 3.05) is 0 Å². The quantitative estimate of drug-likeness (QED) is 0.149. The number of hydrogen-bond donors (Lipinski definition) is 0. The van der Waals surface area contributed by atoms with Crippen LogP contribution < -0.4 is 4.74 Å². The summed E-state index contributed by atoms with van der Waals surface area (Å²) < 4.78 is 6.28. The van der Waals surface area contributed by atoms with E-state index in [2.05, 4.69) is 88.8 Å². The number of nitrogens with zero attached hydrogens (tertiary/aromatic N) is 5. The zero-order valence-electron chi connectivity index (χ0n) is 29.7. The highest BCUT2D eigenvalue weighted by Crippen LogP contribution is 2.34. The third kappa shape index (κ3) is 7.52. The van der Waals surface area contributed by atoms with Crippen LogP contribution >= 0.6 is 0 Å². The third-order valence-corrected chi connectivity index (χ3v) is 9.38. The van der Waals surface area contributed by atoms with Gasteiger partial charge in [-0.2, -0.15) is 0 Å².